The number of nitro groups is 1. The SMILES string of the molecule is CCN(CC)S(=O)(=O)c1ccc(Cl)c(NC(=O)COC(=O)c2cc([N+](=O)[O-])ccc2NCCO)c1. The number of aliphatic hydroxyl groups is 1. The Morgan fingerprint density at radius 3 is 2.43 bits per heavy atom. The van der Waals surface area contributed by atoms with Gasteiger partial charge in [-0.25, -0.2) is 13.2 Å². The fraction of sp³-hybridized carbons (Fsp3) is 0.333. The van der Waals surface area contributed by atoms with E-state index >= 15 is 0 Å². The van der Waals surface area contributed by atoms with Crippen molar-refractivity contribution in [2.45, 2.75) is 18.7 Å². The third-order valence-corrected chi connectivity index (χ3v) is 7.13. The summed E-state index contributed by atoms with van der Waals surface area (Å²) in [6.07, 6.45) is 0. The minimum atomic E-state index is -3.80. The van der Waals surface area contributed by atoms with Crippen LogP contribution in [0, 0.1) is 10.1 Å². The highest BCUT2D eigenvalue weighted by Crippen LogP contribution is 2.27. The molecule has 1 amide bonds. The standard InChI is InChI=1S/C21H25ClN4O8S/c1-3-25(4-2)35(32,33)15-6-7-17(22)19(12-15)24-20(28)13-34-21(29)16-11-14(26(30)31)5-8-18(16)23-9-10-27/h5-8,11-12,23,27H,3-4,9-10,13H2,1-2H3,(H,24,28). The van der Waals surface area contributed by atoms with Gasteiger partial charge < -0.3 is 20.5 Å². The number of nitro benzene ring substituents is 1. The summed E-state index contributed by atoms with van der Waals surface area (Å²) in [6.45, 7) is 2.95. The molecule has 2 aromatic carbocycles. The first kappa shape index (κ1) is 28.0. The summed E-state index contributed by atoms with van der Waals surface area (Å²) in [7, 11) is -3.80. The molecule has 0 atom stereocenters. The maximum absolute atomic E-state index is 12.7. The van der Waals surface area contributed by atoms with Gasteiger partial charge in [0.1, 0.15) is 0 Å². The zero-order valence-electron chi connectivity index (χ0n) is 19.0. The minimum Gasteiger partial charge on any atom is -0.452 e. The van der Waals surface area contributed by atoms with Crippen LogP contribution in [0.5, 0.6) is 0 Å². The van der Waals surface area contributed by atoms with E-state index in [9.17, 15) is 28.1 Å². The lowest BCUT2D eigenvalue weighted by molar-refractivity contribution is -0.384. The molecule has 190 valence electrons. The van der Waals surface area contributed by atoms with Crippen LogP contribution >= 0.6 is 11.6 Å². The van der Waals surface area contributed by atoms with E-state index in [4.69, 9.17) is 21.4 Å². The molecular weight excluding hydrogens is 504 g/mol. The van der Waals surface area contributed by atoms with Crippen molar-refractivity contribution in [2.75, 3.05) is 43.5 Å². The van der Waals surface area contributed by atoms with Crippen LogP contribution in [0.25, 0.3) is 0 Å². The number of hydrogen-bond donors (Lipinski definition) is 3. The summed E-state index contributed by atoms with van der Waals surface area (Å²) in [5, 5.41) is 25.2. The highest BCUT2D eigenvalue weighted by atomic mass is 35.5. The predicted octanol–water partition coefficient (Wildman–Crippen LogP) is 2.48. The Kier molecular flexibility index (Phi) is 9.95. The van der Waals surface area contributed by atoms with E-state index < -0.39 is 33.4 Å². The summed E-state index contributed by atoms with van der Waals surface area (Å²) in [5.74, 6) is -1.83. The van der Waals surface area contributed by atoms with Gasteiger partial charge in [0.25, 0.3) is 11.6 Å². The number of carbonyl (C=O) groups is 2. The van der Waals surface area contributed by atoms with Crippen molar-refractivity contribution >= 4 is 50.6 Å². The first-order valence-electron chi connectivity index (χ1n) is 10.4. The topological polar surface area (TPSA) is 168 Å². The average molecular weight is 529 g/mol. The lowest BCUT2D eigenvalue weighted by Gasteiger charge is -2.19. The van der Waals surface area contributed by atoms with E-state index in [1.165, 1.54) is 34.6 Å². The molecule has 0 bridgehead atoms. The van der Waals surface area contributed by atoms with Crippen LogP contribution in [-0.2, 0) is 19.6 Å². The number of halogens is 1. The second kappa shape index (κ2) is 12.4. The number of non-ortho nitro benzene ring substituents is 1. The summed E-state index contributed by atoms with van der Waals surface area (Å²) in [5.41, 5.74) is -0.395. The highest BCUT2D eigenvalue weighted by Gasteiger charge is 2.23. The van der Waals surface area contributed by atoms with Crippen LogP contribution in [0.15, 0.2) is 41.3 Å². The van der Waals surface area contributed by atoms with Crippen molar-refractivity contribution in [1.82, 2.24) is 4.31 Å². The molecule has 0 fully saturated rings. The first-order valence-corrected chi connectivity index (χ1v) is 12.3. The quantitative estimate of drug-likeness (QED) is 0.213. The van der Waals surface area contributed by atoms with Crippen molar-refractivity contribution < 1.29 is 32.8 Å². The van der Waals surface area contributed by atoms with Crippen molar-refractivity contribution in [2.24, 2.45) is 0 Å². The number of amides is 1. The lowest BCUT2D eigenvalue weighted by Crippen LogP contribution is -2.30. The van der Waals surface area contributed by atoms with Gasteiger partial charge in [-0.05, 0) is 24.3 Å². The van der Waals surface area contributed by atoms with Crippen LogP contribution in [0.4, 0.5) is 17.1 Å². The summed E-state index contributed by atoms with van der Waals surface area (Å²) < 4.78 is 31.7. The van der Waals surface area contributed by atoms with E-state index in [1.54, 1.807) is 13.8 Å². The lowest BCUT2D eigenvalue weighted by atomic mass is 10.1. The molecule has 0 aliphatic rings. The van der Waals surface area contributed by atoms with Crippen LogP contribution in [0.1, 0.15) is 24.2 Å². The molecule has 0 aliphatic carbocycles. The molecule has 0 aromatic heterocycles. The molecule has 35 heavy (non-hydrogen) atoms. The molecule has 3 N–H and O–H groups in total. The second-order valence-corrected chi connectivity index (χ2v) is 9.34. The first-order chi connectivity index (χ1) is 16.5. The summed E-state index contributed by atoms with van der Waals surface area (Å²) >= 11 is 6.09. The highest BCUT2D eigenvalue weighted by molar-refractivity contribution is 7.89. The molecular formula is C21H25ClN4O8S. The van der Waals surface area contributed by atoms with E-state index in [0.717, 1.165) is 6.07 Å². The fourth-order valence-electron chi connectivity index (χ4n) is 3.03. The van der Waals surface area contributed by atoms with Gasteiger partial charge >= 0.3 is 5.97 Å². The number of nitrogens with one attached hydrogen (secondary N) is 2. The Hall–Kier alpha value is -3.26. The summed E-state index contributed by atoms with van der Waals surface area (Å²) in [6, 6.07) is 7.28. The predicted molar refractivity (Wildman–Crippen MR) is 129 cm³/mol. The number of nitrogens with zero attached hydrogens (tertiary/aromatic N) is 2. The number of rotatable bonds is 12. The number of aliphatic hydroxyl groups excluding tert-OH is 1. The average Bonchev–Trinajstić information content (AvgIpc) is 2.82. The Morgan fingerprint density at radius 2 is 1.83 bits per heavy atom. The maximum atomic E-state index is 12.7. The zero-order chi connectivity index (χ0) is 26.2. The third kappa shape index (κ3) is 7.11. The van der Waals surface area contributed by atoms with Gasteiger partial charge in [0.2, 0.25) is 10.0 Å². The van der Waals surface area contributed by atoms with Gasteiger partial charge in [-0.2, -0.15) is 4.31 Å². The van der Waals surface area contributed by atoms with Crippen LogP contribution in [-0.4, -0.2) is 67.5 Å². The molecule has 12 nitrogen and oxygen atoms in total. The molecule has 0 saturated heterocycles. The molecule has 0 radical (unpaired) electrons. The van der Waals surface area contributed by atoms with Gasteiger partial charge in [0, 0.05) is 37.5 Å². The van der Waals surface area contributed by atoms with Crippen molar-refractivity contribution in [3.8, 4) is 0 Å². The number of anilines is 2. The Labute approximate surface area is 207 Å². The van der Waals surface area contributed by atoms with E-state index in [-0.39, 0.29) is 58.8 Å². The van der Waals surface area contributed by atoms with Gasteiger partial charge in [-0.1, -0.05) is 25.4 Å². The van der Waals surface area contributed by atoms with Gasteiger partial charge in [0.15, 0.2) is 6.61 Å². The molecule has 2 rings (SSSR count). The van der Waals surface area contributed by atoms with Crippen molar-refractivity contribution in [1.29, 1.82) is 0 Å². The third-order valence-electron chi connectivity index (χ3n) is 4.75. The Balaban J connectivity index is 2.16. The maximum Gasteiger partial charge on any atom is 0.341 e. The molecule has 2 aromatic rings. The van der Waals surface area contributed by atoms with Gasteiger partial charge in [-0.3, -0.25) is 14.9 Å². The van der Waals surface area contributed by atoms with Crippen molar-refractivity contribution in [3.05, 3.63) is 57.1 Å². The molecule has 0 aliphatic heterocycles. The number of benzene rings is 2. The number of ether oxygens (including phenoxy) is 1. The Morgan fingerprint density at radius 1 is 1.14 bits per heavy atom. The second-order valence-electron chi connectivity index (χ2n) is 6.99. The van der Waals surface area contributed by atoms with Crippen LogP contribution < -0.4 is 10.6 Å². The number of esters is 1. The molecule has 14 heteroatoms. The Bertz CT molecular complexity index is 1200. The molecule has 0 heterocycles. The zero-order valence-corrected chi connectivity index (χ0v) is 20.6. The molecule has 0 unspecified atom stereocenters. The monoisotopic (exact) mass is 528 g/mol. The smallest absolute Gasteiger partial charge is 0.341 e. The van der Waals surface area contributed by atoms with Crippen LogP contribution in [0.2, 0.25) is 5.02 Å². The fourth-order valence-corrected chi connectivity index (χ4v) is 4.68. The van der Waals surface area contributed by atoms with E-state index in [0.29, 0.717) is 0 Å². The van der Waals surface area contributed by atoms with Gasteiger partial charge in [0.05, 0.1) is 32.7 Å². The number of sulfonamides is 1. The molecule has 0 spiro atoms. The largest absolute Gasteiger partial charge is 0.452 e. The number of hydrogen-bond acceptors (Lipinski definition) is 9. The summed E-state index contributed by atoms with van der Waals surface area (Å²) in [4.78, 5) is 35.2. The number of carbonyl (C=O) groups excluding carboxylic acids is 2. The van der Waals surface area contributed by atoms with E-state index in [1.807, 2.05) is 0 Å². The van der Waals surface area contributed by atoms with E-state index in [2.05, 4.69) is 10.6 Å². The normalized spacial score (nSPS) is 11.2. The van der Waals surface area contributed by atoms with Crippen molar-refractivity contribution in [3.63, 3.8) is 0 Å². The minimum absolute atomic E-state index is 0.00148. The molecule has 0 saturated carbocycles. The van der Waals surface area contributed by atoms with Gasteiger partial charge in [-0.15, -0.1) is 0 Å². The van der Waals surface area contributed by atoms with Crippen LogP contribution in [0.3, 0.4) is 0 Å².